The van der Waals surface area contributed by atoms with Crippen LogP contribution >= 0.6 is 11.6 Å². The van der Waals surface area contributed by atoms with E-state index >= 15 is 0 Å². The van der Waals surface area contributed by atoms with E-state index in [9.17, 15) is 4.79 Å². The molecule has 112 valence electrons. The molecule has 6 heteroatoms. The van der Waals surface area contributed by atoms with Crippen LogP contribution in [0.3, 0.4) is 0 Å². The van der Waals surface area contributed by atoms with Crippen LogP contribution in [-0.2, 0) is 13.0 Å². The Morgan fingerprint density at radius 2 is 2.14 bits per heavy atom. The molecule has 0 saturated heterocycles. The zero-order valence-electron chi connectivity index (χ0n) is 11.9. The highest BCUT2D eigenvalue weighted by Gasteiger charge is 2.13. The van der Waals surface area contributed by atoms with Crippen molar-refractivity contribution in [3.8, 4) is 5.75 Å². The number of furan rings is 1. The highest BCUT2D eigenvalue weighted by atomic mass is 35.5. The van der Waals surface area contributed by atoms with Crippen LogP contribution < -0.4 is 16.0 Å². The molecule has 0 aliphatic carbocycles. The smallest absolute Gasteiger partial charge is 0.300 e. The topological polar surface area (TPSA) is 77.5 Å². The van der Waals surface area contributed by atoms with Gasteiger partial charge < -0.3 is 9.15 Å². The third-order valence-corrected chi connectivity index (χ3v) is 3.54. The Morgan fingerprint density at radius 3 is 2.81 bits per heavy atom. The van der Waals surface area contributed by atoms with E-state index in [2.05, 4.69) is 0 Å². The van der Waals surface area contributed by atoms with Crippen molar-refractivity contribution in [1.82, 2.24) is 5.43 Å². The number of amides is 1. The molecule has 0 aliphatic rings. The Balaban J connectivity index is 2.09. The van der Waals surface area contributed by atoms with E-state index in [4.69, 9.17) is 26.6 Å². The first kappa shape index (κ1) is 15.4. The zero-order chi connectivity index (χ0) is 15.4. The Kier molecular flexibility index (Phi) is 4.88. The molecule has 2 aromatic rings. The highest BCUT2D eigenvalue weighted by Crippen LogP contribution is 2.24. The van der Waals surface area contributed by atoms with Gasteiger partial charge in [-0.15, -0.1) is 0 Å². The predicted molar refractivity (Wildman–Crippen MR) is 80.3 cm³/mol. The summed E-state index contributed by atoms with van der Waals surface area (Å²) in [6, 6.07) is 7.15. The molecular formula is C15H17ClN2O3. The van der Waals surface area contributed by atoms with Gasteiger partial charge >= 0.3 is 5.91 Å². The number of nitrogens with two attached hydrogens (primary N) is 1. The summed E-state index contributed by atoms with van der Waals surface area (Å²) in [7, 11) is 0. The molecule has 3 N–H and O–H groups in total. The maximum atomic E-state index is 11.4. The fourth-order valence-electron chi connectivity index (χ4n) is 1.92. The number of hydrogen-bond donors (Lipinski definition) is 2. The van der Waals surface area contributed by atoms with Crippen LogP contribution in [0, 0.1) is 6.92 Å². The number of hydrazine groups is 1. The first-order valence-electron chi connectivity index (χ1n) is 6.56. The Bertz CT molecular complexity index is 652. The van der Waals surface area contributed by atoms with Crippen molar-refractivity contribution in [1.29, 1.82) is 0 Å². The van der Waals surface area contributed by atoms with Gasteiger partial charge in [0.15, 0.2) is 5.76 Å². The van der Waals surface area contributed by atoms with Crippen LogP contribution in [0.1, 0.15) is 34.4 Å². The molecule has 5 nitrogen and oxygen atoms in total. The minimum Gasteiger partial charge on any atom is -0.489 e. The molecule has 0 saturated carbocycles. The maximum Gasteiger partial charge on any atom is 0.300 e. The second kappa shape index (κ2) is 6.65. The van der Waals surface area contributed by atoms with E-state index < -0.39 is 5.91 Å². The molecule has 0 aliphatic heterocycles. The Hall–Kier alpha value is -1.98. The van der Waals surface area contributed by atoms with Gasteiger partial charge in [-0.3, -0.25) is 10.2 Å². The molecule has 1 heterocycles. The third kappa shape index (κ3) is 3.56. The lowest BCUT2D eigenvalue weighted by molar-refractivity contribution is 0.0924. The number of rotatable bonds is 5. The lowest BCUT2D eigenvalue weighted by Crippen LogP contribution is -2.29. The number of carbonyl (C=O) groups is 1. The molecule has 0 spiro atoms. The average Bonchev–Trinajstić information content (AvgIpc) is 2.86. The summed E-state index contributed by atoms with van der Waals surface area (Å²) in [6.45, 7) is 4.10. The second-order valence-electron chi connectivity index (χ2n) is 4.56. The third-order valence-electron chi connectivity index (χ3n) is 3.17. The second-order valence-corrected chi connectivity index (χ2v) is 4.97. The van der Waals surface area contributed by atoms with E-state index in [0.29, 0.717) is 12.4 Å². The van der Waals surface area contributed by atoms with Gasteiger partial charge in [-0.05, 0) is 43.2 Å². The molecule has 1 aromatic carbocycles. The van der Waals surface area contributed by atoms with Crippen LogP contribution in [0.25, 0.3) is 0 Å². The van der Waals surface area contributed by atoms with Gasteiger partial charge in [0.1, 0.15) is 18.1 Å². The SMILES string of the molecule is CCc1cc(OCc2cc(C(=O)NN)oc2C)ccc1Cl. The fraction of sp³-hybridized carbons (Fsp3) is 0.267. The first-order chi connectivity index (χ1) is 10.0. The van der Waals surface area contributed by atoms with E-state index in [0.717, 1.165) is 28.3 Å². The fourth-order valence-corrected chi connectivity index (χ4v) is 2.17. The summed E-state index contributed by atoms with van der Waals surface area (Å²) in [5.41, 5.74) is 3.85. The van der Waals surface area contributed by atoms with E-state index in [1.54, 1.807) is 13.0 Å². The van der Waals surface area contributed by atoms with Gasteiger partial charge in [-0.25, -0.2) is 5.84 Å². The van der Waals surface area contributed by atoms with Gasteiger partial charge in [0, 0.05) is 10.6 Å². The van der Waals surface area contributed by atoms with Gasteiger partial charge in [-0.1, -0.05) is 18.5 Å². The number of hydrogen-bond acceptors (Lipinski definition) is 4. The highest BCUT2D eigenvalue weighted by molar-refractivity contribution is 6.31. The van der Waals surface area contributed by atoms with Crippen molar-refractivity contribution in [2.24, 2.45) is 5.84 Å². The Morgan fingerprint density at radius 1 is 1.38 bits per heavy atom. The van der Waals surface area contributed by atoms with Crippen LogP contribution in [0.2, 0.25) is 5.02 Å². The van der Waals surface area contributed by atoms with E-state index in [1.165, 1.54) is 0 Å². The number of benzene rings is 1. The number of nitrogen functional groups attached to an aromatic ring is 1. The maximum absolute atomic E-state index is 11.4. The summed E-state index contributed by atoms with van der Waals surface area (Å²) >= 11 is 6.07. The van der Waals surface area contributed by atoms with Gasteiger partial charge in [-0.2, -0.15) is 0 Å². The first-order valence-corrected chi connectivity index (χ1v) is 6.94. The van der Waals surface area contributed by atoms with Crippen LogP contribution in [0.4, 0.5) is 0 Å². The predicted octanol–water partition coefficient (Wildman–Crippen LogP) is 2.99. The quantitative estimate of drug-likeness (QED) is 0.506. The number of carbonyl (C=O) groups excluding carboxylic acids is 1. The molecule has 21 heavy (non-hydrogen) atoms. The van der Waals surface area contributed by atoms with Crippen molar-refractivity contribution >= 4 is 17.5 Å². The molecule has 0 unspecified atom stereocenters. The van der Waals surface area contributed by atoms with Crippen molar-refractivity contribution in [3.05, 3.63) is 51.9 Å². The number of ether oxygens (including phenoxy) is 1. The molecule has 0 atom stereocenters. The van der Waals surface area contributed by atoms with Gasteiger partial charge in [0.25, 0.3) is 0 Å². The normalized spacial score (nSPS) is 10.5. The number of halogens is 1. The summed E-state index contributed by atoms with van der Waals surface area (Å²) < 4.78 is 11.0. The van der Waals surface area contributed by atoms with E-state index in [1.807, 2.05) is 30.5 Å². The summed E-state index contributed by atoms with van der Waals surface area (Å²) in [4.78, 5) is 11.4. The average molecular weight is 309 g/mol. The van der Waals surface area contributed by atoms with Crippen molar-refractivity contribution in [2.45, 2.75) is 26.9 Å². The summed E-state index contributed by atoms with van der Waals surface area (Å²) in [5, 5.41) is 0.728. The van der Waals surface area contributed by atoms with Crippen molar-refractivity contribution < 1.29 is 13.9 Å². The lowest BCUT2D eigenvalue weighted by atomic mass is 10.1. The van der Waals surface area contributed by atoms with Crippen molar-refractivity contribution in [3.63, 3.8) is 0 Å². The van der Waals surface area contributed by atoms with Gasteiger partial charge in [0.05, 0.1) is 0 Å². The lowest BCUT2D eigenvalue weighted by Gasteiger charge is -2.08. The molecule has 1 aromatic heterocycles. The summed E-state index contributed by atoms with van der Waals surface area (Å²) in [5.74, 6) is 6.12. The monoisotopic (exact) mass is 308 g/mol. The number of aryl methyl sites for hydroxylation is 2. The minimum atomic E-state index is -0.468. The molecular weight excluding hydrogens is 292 g/mol. The van der Waals surface area contributed by atoms with Crippen LogP contribution in [0.15, 0.2) is 28.7 Å². The van der Waals surface area contributed by atoms with Crippen LogP contribution in [0.5, 0.6) is 5.75 Å². The van der Waals surface area contributed by atoms with Crippen LogP contribution in [-0.4, -0.2) is 5.91 Å². The molecule has 1 amide bonds. The van der Waals surface area contributed by atoms with Gasteiger partial charge in [0.2, 0.25) is 0 Å². The Labute approximate surface area is 128 Å². The zero-order valence-corrected chi connectivity index (χ0v) is 12.7. The summed E-state index contributed by atoms with van der Waals surface area (Å²) in [6.07, 6.45) is 0.835. The van der Waals surface area contributed by atoms with Crippen molar-refractivity contribution in [2.75, 3.05) is 0 Å². The van der Waals surface area contributed by atoms with E-state index in [-0.39, 0.29) is 5.76 Å². The minimum absolute atomic E-state index is 0.166. The number of nitrogens with one attached hydrogen (secondary N) is 1. The largest absolute Gasteiger partial charge is 0.489 e. The molecule has 2 rings (SSSR count). The molecule has 0 bridgehead atoms. The molecule has 0 fully saturated rings. The molecule has 0 radical (unpaired) electrons. The standard InChI is InChI=1S/C15H17ClN2O3/c1-3-10-6-12(4-5-13(10)16)20-8-11-7-14(15(19)18-17)21-9(11)2/h4-7H,3,8,17H2,1-2H3,(H,18,19).